The zero-order valence-electron chi connectivity index (χ0n) is 34.4. The lowest BCUT2D eigenvalue weighted by Crippen LogP contribution is -2.53. The Hall–Kier alpha value is -0.690. The third-order valence-electron chi connectivity index (χ3n) is 11.1. The molecular weight excluding hydrogens is 634 g/mol. The maximum Gasteiger partial charge on any atom is 0.249 e. The van der Waals surface area contributed by atoms with Gasteiger partial charge in [0.2, 0.25) is 5.91 Å². The number of unbranched alkanes of at least 4 members (excludes halogenated alkanes) is 33. The Kier molecular flexibility index (Phi) is 39.9. The predicted octanol–water partition coefficient (Wildman–Crippen LogP) is 12.0. The lowest BCUT2D eigenvalue weighted by atomic mass is 9.99. The van der Waals surface area contributed by atoms with Gasteiger partial charge in [0.1, 0.15) is 12.2 Å². The molecule has 6 heteroatoms. The first-order chi connectivity index (χ1) is 25.0. The number of hydrogen-bond acceptors (Lipinski definition) is 5. The highest BCUT2D eigenvalue weighted by Crippen LogP contribution is 2.17. The number of carbonyl (C=O) groups is 1. The summed E-state index contributed by atoms with van der Waals surface area (Å²) in [4.78, 5) is 12.4. The molecule has 0 aliphatic carbocycles. The Bertz CT molecular complexity index is 692. The Morgan fingerprint density at radius 2 is 0.667 bits per heavy atom. The van der Waals surface area contributed by atoms with Crippen molar-refractivity contribution in [2.24, 2.45) is 0 Å². The Labute approximate surface area is 318 Å². The van der Waals surface area contributed by atoms with Crippen molar-refractivity contribution in [3.05, 3.63) is 0 Å². The van der Waals surface area contributed by atoms with Crippen molar-refractivity contribution in [1.29, 1.82) is 0 Å². The molecule has 0 aliphatic rings. The molecule has 1 amide bonds. The third-order valence-corrected chi connectivity index (χ3v) is 11.1. The average Bonchev–Trinajstić information content (AvgIpc) is 3.13. The average molecular weight is 726 g/mol. The standard InChI is InChI=1S/C45H91NO5/c1-3-5-7-9-10-11-12-13-14-15-16-17-18-19-20-21-22-23-24-25-26-27-28-29-30-31-32-33-35-37-39-43(49)45(51)46-41(40-47)44(50)42(48)38-36-34-8-6-4-2/h41-44,47-50H,3-40H2,1-2H3,(H,46,51). The molecule has 51 heavy (non-hydrogen) atoms. The summed E-state index contributed by atoms with van der Waals surface area (Å²) in [5.74, 6) is -0.585. The molecule has 0 saturated heterocycles. The van der Waals surface area contributed by atoms with Crippen LogP contribution in [0.1, 0.15) is 251 Å². The van der Waals surface area contributed by atoms with E-state index in [-0.39, 0.29) is 0 Å². The molecule has 0 heterocycles. The second kappa shape index (κ2) is 40.5. The van der Waals surface area contributed by atoms with Gasteiger partial charge in [-0.25, -0.2) is 0 Å². The predicted molar refractivity (Wildman–Crippen MR) is 219 cm³/mol. The van der Waals surface area contributed by atoms with Gasteiger partial charge in [0.05, 0.1) is 18.8 Å². The van der Waals surface area contributed by atoms with E-state index in [0.29, 0.717) is 12.8 Å². The van der Waals surface area contributed by atoms with E-state index in [4.69, 9.17) is 0 Å². The molecule has 0 aromatic rings. The van der Waals surface area contributed by atoms with E-state index in [1.807, 2.05) is 0 Å². The van der Waals surface area contributed by atoms with Crippen LogP contribution in [0.15, 0.2) is 0 Å². The fraction of sp³-hybridized carbons (Fsp3) is 0.978. The Morgan fingerprint density at radius 3 is 0.941 bits per heavy atom. The lowest BCUT2D eigenvalue weighted by molar-refractivity contribution is -0.132. The molecule has 0 spiro atoms. The highest BCUT2D eigenvalue weighted by molar-refractivity contribution is 5.80. The van der Waals surface area contributed by atoms with Crippen molar-refractivity contribution in [2.45, 2.75) is 276 Å². The number of aliphatic hydroxyl groups is 4. The molecule has 6 nitrogen and oxygen atoms in total. The van der Waals surface area contributed by atoms with Crippen LogP contribution in [0, 0.1) is 0 Å². The maximum atomic E-state index is 12.4. The molecule has 0 aromatic carbocycles. The van der Waals surface area contributed by atoms with E-state index in [1.54, 1.807) is 0 Å². The van der Waals surface area contributed by atoms with Gasteiger partial charge in [-0.1, -0.05) is 239 Å². The van der Waals surface area contributed by atoms with Gasteiger partial charge in [-0.15, -0.1) is 0 Å². The van der Waals surface area contributed by atoms with Crippen LogP contribution in [0.4, 0.5) is 0 Å². The van der Waals surface area contributed by atoms with E-state index in [2.05, 4.69) is 19.2 Å². The number of carbonyl (C=O) groups excluding carboxylic acids is 1. The van der Waals surface area contributed by atoms with Crippen LogP contribution in [0.5, 0.6) is 0 Å². The molecular formula is C45H91NO5. The first-order valence-electron chi connectivity index (χ1n) is 22.9. The Balaban J connectivity index is 3.44. The van der Waals surface area contributed by atoms with Gasteiger partial charge in [-0.05, 0) is 12.8 Å². The third kappa shape index (κ3) is 34.8. The molecule has 0 rings (SSSR count). The van der Waals surface area contributed by atoms with Crippen LogP contribution in [-0.2, 0) is 4.79 Å². The highest BCUT2D eigenvalue weighted by atomic mass is 16.3. The van der Waals surface area contributed by atoms with E-state index >= 15 is 0 Å². The van der Waals surface area contributed by atoms with Crippen LogP contribution in [0.25, 0.3) is 0 Å². The summed E-state index contributed by atoms with van der Waals surface area (Å²) in [6.07, 6.45) is 43.6. The van der Waals surface area contributed by atoms with Crippen molar-refractivity contribution in [3.63, 3.8) is 0 Å². The first-order valence-corrected chi connectivity index (χ1v) is 22.9. The SMILES string of the molecule is CCCCCCCCCCCCCCCCCCCCCCCCCCCCCCCCC(O)C(=O)NC(CO)C(O)C(O)CCCCCCC. The molecule has 4 atom stereocenters. The fourth-order valence-corrected chi connectivity index (χ4v) is 7.41. The summed E-state index contributed by atoms with van der Waals surface area (Å²) >= 11 is 0. The van der Waals surface area contributed by atoms with Gasteiger partial charge in [0.25, 0.3) is 0 Å². The quantitative estimate of drug-likeness (QED) is 0.0402. The lowest BCUT2D eigenvalue weighted by Gasteiger charge is -2.27. The van der Waals surface area contributed by atoms with E-state index < -0.39 is 36.9 Å². The molecule has 306 valence electrons. The second-order valence-electron chi connectivity index (χ2n) is 16.1. The molecule has 0 saturated carbocycles. The summed E-state index contributed by atoms with van der Waals surface area (Å²) in [5, 5.41) is 43.1. The molecule has 0 bridgehead atoms. The summed E-state index contributed by atoms with van der Waals surface area (Å²) in [6, 6.07) is -0.976. The van der Waals surface area contributed by atoms with Crippen molar-refractivity contribution in [1.82, 2.24) is 5.32 Å². The van der Waals surface area contributed by atoms with Crippen LogP contribution >= 0.6 is 0 Å². The summed E-state index contributed by atoms with van der Waals surface area (Å²) < 4.78 is 0. The van der Waals surface area contributed by atoms with Crippen LogP contribution in [-0.4, -0.2) is 57.3 Å². The van der Waals surface area contributed by atoms with Gasteiger partial charge in [-0.2, -0.15) is 0 Å². The smallest absolute Gasteiger partial charge is 0.249 e. The number of rotatable bonds is 42. The van der Waals surface area contributed by atoms with Crippen LogP contribution in [0.2, 0.25) is 0 Å². The van der Waals surface area contributed by atoms with Crippen LogP contribution in [0.3, 0.4) is 0 Å². The normalized spacial score (nSPS) is 14.1. The second-order valence-corrected chi connectivity index (χ2v) is 16.1. The van der Waals surface area contributed by atoms with Gasteiger partial charge < -0.3 is 25.7 Å². The number of nitrogens with one attached hydrogen (secondary N) is 1. The first kappa shape index (κ1) is 50.3. The monoisotopic (exact) mass is 726 g/mol. The van der Waals surface area contributed by atoms with Crippen molar-refractivity contribution in [3.8, 4) is 0 Å². The van der Waals surface area contributed by atoms with Gasteiger partial charge in [-0.3, -0.25) is 4.79 Å². The number of amides is 1. The topological polar surface area (TPSA) is 110 Å². The highest BCUT2D eigenvalue weighted by Gasteiger charge is 2.28. The van der Waals surface area contributed by atoms with Crippen molar-refractivity contribution >= 4 is 5.91 Å². The summed E-state index contributed by atoms with van der Waals surface area (Å²) in [6.45, 7) is 3.96. The fourth-order valence-electron chi connectivity index (χ4n) is 7.41. The molecule has 0 radical (unpaired) electrons. The van der Waals surface area contributed by atoms with E-state index in [1.165, 1.54) is 173 Å². The minimum Gasteiger partial charge on any atom is -0.394 e. The van der Waals surface area contributed by atoms with Gasteiger partial charge >= 0.3 is 0 Å². The maximum absolute atomic E-state index is 12.4. The largest absolute Gasteiger partial charge is 0.394 e. The van der Waals surface area contributed by atoms with Gasteiger partial charge in [0, 0.05) is 0 Å². The number of hydrogen-bond donors (Lipinski definition) is 5. The van der Waals surface area contributed by atoms with E-state index in [0.717, 1.165) is 51.4 Å². The minimum atomic E-state index is -1.25. The zero-order valence-corrected chi connectivity index (χ0v) is 34.4. The van der Waals surface area contributed by atoms with Gasteiger partial charge in [0.15, 0.2) is 0 Å². The number of aliphatic hydroxyl groups excluding tert-OH is 4. The molecule has 0 fully saturated rings. The molecule has 0 aromatic heterocycles. The zero-order chi connectivity index (χ0) is 37.5. The Morgan fingerprint density at radius 1 is 0.412 bits per heavy atom. The van der Waals surface area contributed by atoms with Crippen molar-refractivity contribution < 1.29 is 25.2 Å². The minimum absolute atomic E-state index is 0.375. The molecule has 0 aliphatic heterocycles. The summed E-state index contributed by atoms with van der Waals surface area (Å²) in [7, 11) is 0. The molecule has 5 N–H and O–H groups in total. The molecule has 4 unspecified atom stereocenters. The van der Waals surface area contributed by atoms with Crippen molar-refractivity contribution in [2.75, 3.05) is 6.61 Å². The van der Waals surface area contributed by atoms with E-state index in [9.17, 15) is 25.2 Å². The summed E-state index contributed by atoms with van der Waals surface area (Å²) in [5.41, 5.74) is 0. The van der Waals surface area contributed by atoms with Crippen LogP contribution < -0.4 is 5.32 Å².